The molecule has 76 valence electrons. The molecule has 2 N–H and O–H groups in total. The van der Waals surface area contributed by atoms with E-state index in [9.17, 15) is 4.79 Å². The van der Waals surface area contributed by atoms with Crippen LogP contribution < -0.4 is 10.6 Å². The van der Waals surface area contributed by atoms with E-state index in [2.05, 4.69) is 10.6 Å². The first-order valence-electron chi connectivity index (χ1n) is 5.19. The van der Waals surface area contributed by atoms with Crippen molar-refractivity contribution >= 4 is 5.91 Å². The van der Waals surface area contributed by atoms with Crippen molar-refractivity contribution in [2.24, 2.45) is 5.92 Å². The van der Waals surface area contributed by atoms with E-state index >= 15 is 0 Å². The Hall–Kier alpha value is -0.570. The van der Waals surface area contributed by atoms with Crippen LogP contribution in [0.15, 0.2) is 0 Å². The second kappa shape index (κ2) is 5.22. The number of amides is 1. The summed E-state index contributed by atoms with van der Waals surface area (Å²) < 4.78 is 0. The molecule has 1 atom stereocenters. The fourth-order valence-electron chi connectivity index (χ4n) is 1.74. The minimum absolute atomic E-state index is 0.0681. The van der Waals surface area contributed by atoms with Gasteiger partial charge in [-0.3, -0.25) is 4.79 Å². The quantitative estimate of drug-likeness (QED) is 0.681. The molecule has 1 saturated carbocycles. The van der Waals surface area contributed by atoms with E-state index in [-0.39, 0.29) is 11.9 Å². The third kappa shape index (κ3) is 3.35. The molecule has 1 fully saturated rings. The molecule has 1 unspecified atom stereocenters. The van der Waals surface area contributed by atoms with E-state index in [1.54, 1.807) is 7.05 Å². The molecule has 0 saturated heterocycles. The fraction of sp³-hybridized carbons (Fsp3) is 0.900. The van der Waals surface area contributed by atoms with Gasteiger partial charge in [0.25, 0.3) is 0 Å². The van der Waals surface area contributed by atoms with E-state index in [1.165, 1.54) is 25.7 Å². The summed E-state index contributed by atoms with van der Waals surface area (Å²) in [6.45, 7) is 2.74. The maximum Gasteiger partial charge on any atom is 0.236 e. The monoisotopic (exact) mass is 184 g/mol. The van der Waals surface area contributed by atoms with Gasteiger partial charge in [-0.15, -0.1) is 0 Å². The maximum atomic E-state index is 11.4. The van der Waals surface area contributed by atoms with Crippen molar-refractivity contribution in [3.63, 3.8) is 0 Å². The number of carbonyl (C=O) groups excluding carboxylic acids is 1. The number of carbonyl (C=O) groups is 1. The van der Waals surface area contributed by atoms with Gasteiger partial charge < -0.3 is 10.6 Å². The van der Waals surface area contributed by atoms with Crippen molar-refractivity contribution in [1.82, 2.24) is 10.6 Å². The fourth-order valence-corrected chi connectivity index (χ4v) is 1.74. The molecular weight excluding hydrogens is 164 g/mol. The van der Waals surface area contributed by atoms with Crippen LogP contribution in [0.2, 0.25) is 0 Å². The lowest BCUT2D eigenvalue weighted by molar-refractivity contribution is -0.122. The Bertz CT molecular complexity index is 164. The van der Waals surface area contributed by atoms with Crippen molar-refractivity contribution in [2.45, 2.75) is 38.6 Å². The van der Waals surface area contributed by atoms with E-state index in [1.807, 2.05) is 6.92 Å². The Balaban J connectivity index is 2.13. The molecule has 0 heterocycles. The van der Waals surface area contributed by atoms with Crippen molar-refractivity contribution in [1.29, 1.82) is 0 Å². The van der Waals surface area contributed by atoms with Gasteiger partial charge in [0.05, 0.1) is 6.04 Å². The largest absolute Gasteiger partial charge is 0.354 e. The minimum Gasteiger partial charge on any atom is -0.354 e. The average molecular weight is 184 g/mol. The molecule has 0 aromatic carbocycles. The Morgan fingerprint density at radius 3 is 2.62 bits per heavy atom. The van der Waals surface area contributed by atoms with Gasteiger partial charge in [-0.2, -0.15) is 0 Å². The third-order valence-corrected chi connectivity index (χ3v) is 2.87. The molecule has 0 bridgehead atoms. The van der Waals surface area contributed by atoms with Gasteiger partial charge in [-0.25, -0.2) is 0 Å². The lowest BCUT2D eigenvalue weighted by Crippen LogP contribution is -2.41. The van der Waals surface area contributed by atoms with Crippen LogP contribution in [0.25, 0.3) is 0 Å². The molecule has 0 aromatic heterocycles. The van der Waals surface area contributed by atoms with E-state index in [0.717, 1.165) is 12.5 Å². The molecule has 0 spiro atoms. The highest BCUT2D eigenvalue weighted by atomic mass is 16.2. The van der Waals surface area contributed by atoms with Crippen LogP contribution >= 0.6 is 0 Å². The van der Waals surface area contributed by atoms with Crippen molar-refractivity contribution in [3.05, 3.63) is 0 Å². The van der Waals surface area contributed by atoms with Crippen LogP contribution in [0.5, 0.6) is 0 Å². The first-order chi connectivity index (χ1) is 6.24. The molecule has 3 nitrogen and oxygen atoms in total. The maximum absolute atomic E-state index is 11.4. The Morgan fingerprint density at radius 1 is 1.46 bits per heavy atom. The molecule has 1 amide bonds. The van der Waals surface area contributed by atoms with E-state index in [4.69, 9.17) is 0 Å². The molecule has 1 aliphatic rings. The van der Waals surface area contributed by atoms with Gasteiger partial charge >= 0.3 is 0 Å². The second-order valence-corrected chi connectivity index (χ2v) is 3.91. The predicted molar refractivity (Wildman–Crippen MR) is 53.5 cm³/mol. The average Bonchev–Trinajstić information content (AvgIpc) is 2.65. The molecule has 3 heteroatoms. The first kappa shape index (κ1) is 10.5. The summed E-state index contributed by atoms with van der Waals surface area (Å²) in [7, 11) is 1.81. The summed E-state index contributed by atoms with van der Waals surface area (Å²) in [4.78, 5) is 11.4. The highest BCUT2D eigenvalue weighted by Crippen LogP contribution is 2.23. The van der Waals surface area contributed by atoms with Crippen LogP contribution in [0.1, 0.15) is 32.6 Å². The van der Waals surface area contributed by atoms with Gasteiger partial charge in [0.2, 0.25) is 5.91 Å². The van der Waals surface area contributed by atoms with E-state index < -0.39 is 0 Å². The first-order valence-corrected chi connectivity index (χ1v) is 5.19. The van der Waals surface area contributed by atoms with Crippen molar-refractivity contribution in [3.8, 4) is 0 Å². The van der Waals surface area contributed by atoms with Crippen molar-refractivity contribution in [2.75, 3.05) is 13.6 Å². The lowest BCUT2D eigenvalue weighted by Gasteiger charge is -2.14. The molecule has 0 aromatic rings. The molecule has 0 aliphatic heterocycles. The van der Waals surface area contributed by atoms with Crippen LogP contribution in [0.4, 0.5) is 0 Å². The zero-order valence-corrected chi connectivity index (χ0v) is 8.60. The normalized spacial score (nSPS) is 20.2. The van der Waals surface area contributed by atoms with Crippen LogP contribution in [0.3, 0.4) is 0 Å². The molecule has 1 rings (SSSR count). The summed E-state index contributed by atoms with van der Waals surface area (Å²) in [6.07, 6.45) is 5.24. The highest BCUT2D eigenvalue weighted by Gasteiger charge is 2.17. The summed E-state index contributed by atoms with van der Waals surface area (Å²) in [5, 5.41) is 5.90. The molecular formula is C10H20N2O. The topological polar surface area (TPSA) is 41.1 Å². The van der Waals surface area contributed by atoms with Gasteiger partial charge in [-0.05, 0) is 32.7 Å². The molecule has 13 heavy (non-hydrogen) atoms. The van der Waals surface area contributed by atoms with Gasteiger partial charge in [0.15, 0.2) is 0 Å². The Labute approximate surface area is 80.3 Å². The van der Waals surface area contributed by atoms with Crippen LogP contribution in [-0.2, 0) is 4.79 Å². The SMILES string of the molecule is CNC(C)C(=O)NCC1CCCC1. The van der Waals surface area contributed by atoms with Crippen LogP contribution in [-0.4, -0.2) is 25.5 Å². The van der Waals surface area contributed by atoms with Gasteiger partial charge in [-0.1, -0.05) is 12.8 Å². The number of rotatable bonds is 4. The van der Waals surface area contributed by atoms with Crippen molar-refractivity contribution < 1.29 is 4.79 Å². The standard InChI is InChI=1S/C10H20N2O/c1-8(11-2)10(13)12-7-9-5-3-4-6-9/h8-9,11H,3-7H2,1-2H3,(H,12,13). The highest BCUT2D eigenvalue weighted by molar-refractivity contribution is 5.81. The van der Waals surface area contributed by atoms with E-state index in [0.29, 0.717) is 0 Å². The number of likely N-dealkylation sites (N-methyl/N-ethyl adjacent to an activating group) is 1. The lowest BCUT2D eigenvalue weighted by atomic mass is 10.1. The number of hydrogen-bond acceptors (Lipinski definition) is 2. The molecule has 0 radical (unpaired) electrons. The Morgan fingerprint density at radius 2 is 2.08 bits per heavy atom. The third-order valence-electron chi connectivity index (χ3n) is 2.87. The molecule has 1 aliphatic carbocycles. The summed E-state index contributed by atoms with van der Waals surface area (Å²) in [5.74, 6) is 0.849. The number of nitrogens with one attached hydrogen (secondary N) is 2. The number of hydrogen-bond donors (Lipinski definition) is 2. The van der Waals surface area contributed by atoms with Crippen LogP contribution in [0, 0.1) is 5.92 Å². The summed E-state index contributed by atoms with van der Waals surface area (Å²) >= 11 is 0. The smallest absolute Gasteiger partial charge is 0.236 e. The zero-order valence-electron chi connectivity index (χ0n) is 8.60. The van der Waals surface area contributed by atoms with Gasteiger partial charge in [0, 0.05) is 6.54 Å². The second-order valence-electron chi connectivity index (χ2n) is 3.91. The predicted octanol–water partition coefficient (Wildman–Crippen LogP) is 0.901. The summed E-state index contributed by atoms with van der Waals surface area (Å²) in [5.41, 5.74) is 0. The minimum atomic E-state index is -0.0681. The zero-order chi connectivity index (χ0) is 9.68. The summed E-state index contributed by atoms with van der Waals surface area (Å²) in [6, 6.07) is -0.0681. The van der Waals surface area contributed by atoms with Gasteiger partial charge in [0.1, 0.15) is 0 Å². The Kier molecular flexibility index (Phi) is 4.22.